The van der Waals surface area contributed by atoms with Crippen molar-refractivity contribution in [3.8, 4) is 0 Å². The average molecular weight is 1060 g/mol. The van der Waals surface area contributed by atoms with Crippen LogP contribution in [0.25, 0.3) is 0 Å². The third-order valence-corrected chi connectivity index (χ3v) is 16.0. The van der Waals surface area contributed by atoms with E-state index in [0.717, 1.165) is 44.9 Å². The van der Waals surface area contributed by atoms with Crippen LogP contribution in [0.15, 0.2) is 24.3 Å². The molecule has 3 N–H and O–H groups in total. The van der Waals surface area contributed by atoms with E-state index in [1.54, 1.807) is 6.08 Å². The molecule has 444 valence electrons. The van der Waals surface area contributed by atoms with Gasteiger partial charge in [-0.3, -0.25) is 9.59 Å². The molecule has 2 atom stereocenters. The van der Waals surface area contributed by atoms with Crippen molar-refractivity contribution in [2.75, 3.05) is 13.2 Å². The van der Waals surface area contributed by atoms with E-state index in [-0.39, 0.29) is 18.5 Å². The zero-order chi connectivity index (χ0) is 54.3. The van der Waals surface area contributed by atoms with Crippen LogP contribution in [0.1, 0.15) is 380 Å². The van der Waals surface area contributed by atoms with E-state index in [1.165, 1.54) is 308 Å². The van der Waals surface area contributed by atoms with Gasteiger partial charge in [0.1, 0.15) is 0 Å². The lowest BCUT2D eigenvalue weighted by molar-refractivity contribution is -0.143. The zero-order valence-corrected chi connectivity index (χ0v) is 50.8. The Morgan fingerprint density at radius 3 is 0.947 bits per heavy atom. The molecular formula is C69H133NO5. The molecule has 0 aromatic rings. The third kappa shape index (κ3) is 61.4. The van der Waals surface area contributed by atoms with Crippen molar-refractivity contribution in [3.05, 3.63) is 24.3 Å². The van der Waals surface area contributed by atoms with Crippen molar-refractivity contribution < 1.29 is 24.5 Å². The number of nitrogens with one attached hydrogen (secondary N) is 1. The van der Waals surface area contributed by atoms with Gasteiger partial charge in [-0.15, -0.1) is 0 Å². The number of esters is 1. The average Bonchev–Trinajstić information content (AvgIpc) is 3.41. The molecular weight excluding hydrogens is 923 g/mol. The standard InChI is InChI=1S/C69H133NO5/c1-3-5-7-9-11-13-15-17-19-30-35-39-43-47-51-55-59-63-69(74)75-64-60-56-52-48-44-40-36-32-29-27-25-23-21-22-24-26-28-31-34-38-42-46-50-54-58-62-68(73)70-66(65-71)67(72)61-57-53-49-45-41-37-33-20-18-16-14-12-10-8-6-4-2/h17,19,57,61,66-67,71-72H,3-16,18,20-56,58-60,62-65H2,1-2H3,(H,70,73)/b19-17-,61-57+. The van der Waals surface area contributed by atoms with Crippen LogP contribution in [0.5, 0.6) is 0 Å². The monoisotopic (exact) mass is 1060 g/mol. The fraction of sp³-hybridized carbons (Fsp3) is 0.913. The van der Waals surface area contributed by atoms with Gasteiger partial charge in [-0.25, -0.2) is 0 Å². The van der Waals surface area contributed by atoms with E-state index in [1.807, 2.05) is 6.08 Å². The topological polar surface area (TPSA) is 95.9 Å². The number of hydrogen-bond acceptors (Lipinski definition) is 5. The van der Waals surface area contributed by atoms with Crippen LogP contribution in [0.2, 0.25) is 0 Å². The van der Waals surface area contributed by atoms with Gasteiger partial charge in [-0.2, -0.15) is 0 Å². The second-order valence-corrected chi connectivity index (χ2v) is 23.5. The molecule has 1 amide bonds. The highest BCUT2D eigenvalue weighted by atomic mass is 16.5. The highest BCUT2D eigenvalue weighted by Gasteiger charge is 2.18. The molecule has 0 aliphatic rings. The smallest absolute Gasteiger partial charge is 0.305 e. The van der Waals surface area contributed by atoms with Crippen LogP contribution >= 0.6 is 0 Å². The maximum atomic E-state index is 12.5. The predicted octanol–water partition coefficient (Wildman–Crippen LogP) is 21.8. The Labute approximate surface area is 469 Å². The van der Waals surface area contributed by atoms with Crippen molar-refractivity contribution in [2.24, 2.45) is 0 Å². The molecule has 0 aromatic heterocycles. The van der Waals surface area contributed by atoms with Crippen molar-refractivity contribution in [1.82, 2.24) is 5.32 Å². The molecule has 2 unspecified atom stereocenters. The first-order valence-corrected chi connectivity index (χ1v) is 34.1. The molecule has 0 fully saturated rings. The molecule has 0 saturated heterocycles. The molecule has 0 spiro atoms. The second kappa shape index (κ2) is 64.9. The molecule has 0 aliphatic heterocycles. The van der Waals surface area contributed by atoms with Crippen LogP contribution in [-0.4, -0.2) is 47.4 Å². The van der Waals surface area contributed by atoms with Crippen LogP contribution in [0, 0.1) is 0 Å². The van der Waals surface area contributed by atoms with Crippen LogP contribution < -0.4 is 5.32 Å². The SMILES string of the molecule is CCCCCCCC/C=C\CCCCCCCCCC(=O)OCCCCCCCCCCCCCCCCCCCCCCCCCCCC(=O)NC(CO)C(O)/C=C/CCCCCCCCCCCCCCCC. The highest BCUT2D eigenvalue weighted by molar-refractivity contribution is 5.76. The van der Waals surface area contributed by atoms with E-state index in [4.69, 9.17) is 4.74 Å². The van der Waals surface area contributed by atoms with E-state index >= 15 is 0 Å². The summed E-state index contributed by atoms with van der Waals surface area (Å²) in [5.41, 5.74) is 0. The lowest BCUT2D eigenvalue weighted by atomic mass is 10.0. The van der Waals surface area contributed by atoms with Gasteiger partial charge in [-0.05, 0) is 57.8 Å². The van der Waals surface area contributed by atoms with E-state index in [0.29, 0.717) is 19.4 Å². The van der Waals surface area contributed by atoms with Gasteiger partial charge < -0.3 is 20.3 Å². The molecule has 6 heteroatoms. The summed E-state index contributed by atoms with van der Waals surface area (Å²) in [5, 5.41) is 23.2. The zero-order valence-electron chi connectivity index (χ0n) is 50.8. The first kappa shape index (κ1) is 73.3. The van der Waals surface area contributed by atoms with Gasteiger partial charge in [0, 0.05) is 12.8 Å². The van der Waals surface area contributed by atoms with Crippen molar-refractivity contribution >= 4 is 11.9 Å². The number of carbonyl (C=O) groups is 2. The van der Waals surface area contributed by atoms with E-state index < -0.39 is 12.1 Å². The normalized spacial score (nSPS) is 12.6. The quantitative estimate of drug-likeness (QED) is 0.0320. The summed E-state index contributed by atoms with van der Waals surface area (Å²) in [6, 6.07) is -0.626. The number of aliphatic hydroxyl groups is 2. The molecule has 0 rings (SSSR count). The van der Waals surface area contributed by atoms with Crippen LogP contribution in [0.3, 0.4) is 0 Å². The number of allylic oxidation sites excluding steroid dienone is 3. The summed E-state index contributed by atoms with van der Waals surface area (Å²) >= 11 is 0. The largest absolute Gasteiger partial charge is 0.466 e. The molecule has 0 radical (unpaired) electrons. The molecule has 0 aliphatic carbocycles. The Balaban J connectivity index is 3.37. The number of carbonyl (C=O) groups excluding carboxylic acids is 2. The lowest BCUT2D eigenvalue weighted by Crippen LogP contribution is -2.45. The van der Waals surface area contributed by atoms with Crippen molar-refractivity contribution in [2.45, 2.75) is 392 Å². The number of aliphatic hydroxyl groups excluding tert-OH is 2. The lowest BCUT2D eigenvalue weighted by Gasteiger charge is -2.20. The van der Waals surface area contributed by atoms with E-state index in [2.05, 4.69) is 31.3 Å². The maximum Gasteiger partial charge on any atom is 0.305 e. The number of amides is 1. The molecule has 0 heterocycles. The molecule has 6 nitrogen and oxygen atoms in total. The molecule has 0 bridgehead atoms. The minimum atomic E-state index is -0.843. The number of hydrogen-bond donors (Lipinski definition) is 3. The summed E-state index contributed by atoms with van der Waals surface area (Å²) in [6.07, 6.45) is 81.0. The second-order valence-electron chi connectivity index (χ2n) is 23.5. The number of rotatable bonds is 64. The Kier molecular flexibility index (Phi) is 63.4. The Morgan fingerprint density at radius 1 is 0.360 bits per heavy atom. The molecule has 75 heavy (non-hydrogen) atoms. The van der Waals surface area contributed by atoms with Gasteiger partial charge in [0.25, 0.3) is 0 Å². The van der Waals surface area contributed by atoms with Gasteiger partial charge in [-0.1, -0.05) is 334 Å². The molecule has 0 saturated carbocycles. The Bertz CT molecular complexity index is 1170. The minimum Gasteiger partial charge on any atom is -0.466 e. The minimum absolute atomic E-state index is 0.0133. The van der Waals surface area contributed by atoms with E-state index in [9.17, 15) is 19.8 Å². The van der Waals surface area contributed by atoms with Crippen LogP contribution in [0.4, 0.5) is 0 Å². The van der Waals surface area contributed by atoms with Gasteiger partial charge >= 0.3 is 5.97 Å². The van der Waals surface area contributed by atoms with Crippen LogP contribution in [-0.2, 0) is 14.3 Å². The summed E-state index contributed by atoms with van der Waals surface area (Å²) in [4.78, 5) is 24.6. The fourth-order valence-corrected chi connectivity index (χ4v) is 10.7. The fourth-order valence-electron chi connectivity index (χ4n) is 10.7. The number of unbranched alkanes of at least 4 members (excludes halogenated alkanes) is 51. The first-order chi connectivity index (χ1) is 37.0. The van der Waals surface area contributed by atoms with Gasteiger partial charge in [0.05, 0.1) is 25.4 Å². The summed E-state index contributed by atoms with van der Waals surface area (Å²) < 4.78 is 5.50. The Morgan fingerprint density at radius 2 is 0.627 bits per heavy atom. The number of ether oxygens (including phenoxy) is 1. The summed E-state index contributed by atoms with van der Waals surface area (Å²) in [7, 11) is 0. The Hall–Kier alpha value is -1.66. The first-order valence-electron chi connectivity index (χ1n) is 34.1. The summed E-state index contributed by atoms with van der Waals surface area (Å²) in [5.74, 6) is -0.0504. The highest BCUT2D eigenvalue weighted by Crippen LogP contribution is 2.18. The maximum absolute atomic E-state index is 12.5. The predicted molar refractivity (Wildman–Crippen MR) is 329 cm³/mol. The van der Waals surface area contributed by atoms with Crippen molar-refractivity contribution in [1.29, 1.82) is 0 Å². The third-order valence-electron chi connectivity index (χ3n) is 16.0. The van der Waals surface area contributed by atoms with Crippen molar-refractivity contribution in [3.63, 3.8) is 0 Å². The summed E-state index contributed by atoms with van der Waals surface area (Å²) in [6.45, 7) is 4.93. The van der Waals surface area contributed by atoms with Gasteiger partial charge in [0.15, 0.2) is 0 Å². The van der Waals surface area contributed by atoms with Gasteiger partial charge in [0.2, 0.25) is 5.91 Å². The molecule has 0 aromatic carbocycles.